The third kappa shape index (κ3) is 6.04. The van der Waals surface area contributed by atoms with Crippen LogP contribution in [0.4, 0.5) is 5.69 Å². The summed E-state index contributed by atoms with van der Waals surface area (Å²) in [5.74, 6) is -0.516. The number of carbonyl (C=O) groups is 2. The number of hydrogen-bond acceptors (Lipinski definition) is 3. The Hall–Kier alpha value is -2.66. The van der Waals surface area contributed by atoms with Crippen LogP contribution in [-0.4, -0.2) is 22.5 Å². The Balaban J connectivity index is 1.99. The lowest BCUT2D eigenvalue weighted by atomic mass is 10.1. The van der Waals surface area contributed by atoms with Crippen LogP contribution in [0.25, 0.3) is 0 Å². The van der Waals surface area contributed by atoms with Gasteiger partial charge in [-0.2, -0.15) is 0 Å². The largest absolute Gasteiger partial charge is 0.388 e. The summed E-state index contributed by atoms with van der Waals surface area (Å²) in [6.45, 7) is 5.71. The SMILES string of the molecule is CC(C)(C)NC(=O)c1cccc(NC(=O)CC(O)c2ccccc2)c1. The van der Waals surface area contributed by atoms with E-state index in [4.69, 9.17) is 0 Å². The normalized spacial score (nSPS) is 12.3. The van der Waals surface area contributed by atoms with Crippen LogP contribution in [0, 0.1) is 0 Å². The molecule has 1 unspecified atom stereocenters. The summed E-state index contributed by atoms with van der Waals surface area (Å²) in [6, 6.07) is 15.8. The molecular formula is C20H24N2O3. The number of hydrogen-bond donors (Lipinski definition) is 3. The number of carbonyl (C=O) groups excluding carboxylic acids is 2. The fourth-order valence-corrected chi connectivity index (χ4v) is 2.33. The van der Waals surface area contributed by atoms with E-state index >= 15 is 0 Å². The van der Waals surface area contributed by atoms with Crippen LogP contribution >= 0.6 is 0 Å². The highest BCUT2D eigenvalue weighted by atomic mass is 16.3. The smallest absolute Gasteiger partial charge is 0.251 e. The molecular weight excluding hydrogens is 316 g/mol. The molecule has 132 valence electrons. The first-order valence-electron chi connectivity index (χ1n) is 8.20. The van der Waals surface area contributed by atoms with Gasteiger partial charge < -0.3 is 15.7 Å². The van der Waals surface area contributed by atoms with Crippen molar-refractivity contribution in [1.29, 1.82) is 0 Å². The first-order valence-corrected chi connectivity index (χ1v) is 8.20. The molecule has 2 aromatic carbocycles. The number of aliphatic hydroxyl groups is 1. The molecule has 0 aromatic heterocycles. The molecule has 3 N–H and O–H groups in total. The maximum atomic E-state index is 12.2. The van der Waals surface area contributed by atoms with Gasteiger partial charge in [-0.15, -0.1) is 0 Å². The van der Waals surface area contributed by atoms with Crippen LogP contribution in [0.3, 0.4) is 0 Å². The molecule has 2 rings (SSSR count). The van der Waals surface area contributed by atoms with E-state index in [0.717, 1.165) is 0 Å². The summed E-state index contributed by atoms with van der Waals surface area (Å²) in [5.41, 5.74) is 1.34. The number of aliphatic hydroxyl groups excluding tert-OH is 1. The second kappa shape index (κ2) is 7.94. The third-order valence-corrected chi connectivity index (χ3v) is 3.46. The lowest BCUT2D eigenvalue weighted by Crippen LogP contribution is -2.40. The molecule has 0 aliphatic heterocycles. The zero-order chi connectivity index (χ0) is 18.4. The standard InChI is InChI=1S/C20H24N2O3/c1-20(2,3)22-19(25)15-10-7-11-16(12-15)21-18(24)13-17(23)14-8-5-4-6-9-14/h4-12,17,23H,13H2,1-3H3,(H,21,24)(H,22,25). The Morgan fingerprint density at radius 3 is 2.36 bits per heavy atom. The summed E-state index contributed by atoms with van der Waals surface area (Å²) < 4.78 is 0. The molecule has 0 aliphatic carbocycles. The Morgan fingerprint density at radius 1 is 1.04 bits per heavy atom. The minimum atomic E-state index is -0.867. The van der Waals surface area contributed by atoms with Crippen LogP contribution in [0.2, 0.25) is 0 Å². The highest BCUT2D eigenvalue weighted by Crippen LogP contribution is 2.18. The first-order chi connectivity index (χ1) is 11.7. The molecule has 1 atom stereocenters. The molecule has 0 bridgehead atoms. The minimum Gasteiger partial charge on any atom is -0.388 e. The molecule has 25 heavy (non-hydrogen) atoms. The molecule has 0 fully saturated rings. The maximum Gasteiger partial charge on any atom is 0.251 e. The van der Waals surface area contributed by atoms with Gasteiger partial charge in [-0.05, 0) is 44.5 Å². The molecule has 5 nitrogen and oxygen atoms in total. The number of anilines is 1. The molecule has 5 heteroatoms. The fourth-order valence-electron chi connectivity index (χ4n) is 2.33. The number of amides is 2. The van der Waals surface area contributed by atoms with Gasteiger partial charge in [0.1, 0.15) is 0 Å². The minimum absolute atomic E-state index is 0.0531. The Bertz CT molecular complexity index is 736. The van der Waals surface area contributed by atoms with Gasteiger partial charge in [0.05, 0.1) is 12.5 Å². The van der Waals surface area contributed by atoms with Crippen LogP contribution < -0.4 is 10.6 Å². The fraction of sp³-hybridized carbons (Fsp3) is 0.300. The summed E-state index contributed by atoms with van der Waals surface area (Å²) in [4.78, 5) is 24.3. The molecule has 0 radical (unpaired) electrons. The second-order valence-corrected chi connectivity index (χ2v) is 6.96. The molecule has 0 saturated carbocycles. The van der Waals surface area contributed by atoms with Crippen LogP contribution in [0.1, 0.15) is 49.2 Å². The van der Waals surface area contributed by atoms with Crippen LogP contribution in [-0.2, 0) is 4.79 Å². The number of benzene rings is 2. The molecule has 2 aromatic rings. The summed E-state index contributed by atoms with van der Waals surface area (Å²) in [6.07, 6.45) is -0.920. The van der Waals surface area contributed by atoms with Crippen molar-refractivity contribution >= 4 is 17.5 Å². The molecule has 2 amide bonds. The van der Waals surface area contributed by atoms with Gasteiger partial charge in [0.2, 0.25) is 5.91 Å². The van der Waals surface area contributed by atoms with Gasteiger partial charge in [0, 0.05) is 16.8 Å². The first kappa shape index (κ1) is 18.7. The van der Waals surface area contributed by atoms with E-state index in [1.165, 1.54) is 0 Å². The zero-order valence-corrected chi connectivity index (χ0v) is 14.7. The van der Waals surface area contributed by atoms with Gasteiger partial charge >= 0.3 is 0 Å². The Morgan fingerprint density at radius 2 is 1.72 bits per heavy atom. The van der Waals surface area contributed by atoms with Crippen molar-refractivity contribution in [3.05, 3.63) is 65.7 Å². The van der Waals surface area contributed by atoms with Crippen LogP contribution in [0.5, 0.6) is 0 Å². The Kier molecular flexibility index (Phi) is 5.93. The van der Waals surface area contributed by atoms with E-state index < -0.39 is 6.10 Å². The van der Waals surface area contributed by atoms with Crippen molar-refractivity contribution in [2.24, 2.45) is 0 Å². The topological polar surface area (TPSA) is 78.4 Å². The molecule has 0 aliphatic rings. The summed E-state index contributed by atoms with van der Waals surface area (Å²) in [5, 5.41) is 15.7. The molecule has 0 saturated heterocycles. The molecule has 0 spiro atoms. The average molecular weight is 340 g/mol. The van der Waals surface area contributed by atoms with Crippen molar-refractivity contribution < 1.29 is 14.7 Å². The predicted molar refractivity (Wildman–Crippen MR) is 98.3 cm³/mol. The van der Waals surface area contributed by atoms with Crippen molar-refractivity contribution in [3.63, 3.8) is 0 Å². The van der Waals surface area contributed by atoms with E-state index in [2.05, 4.69) is 10.6 Å². The Labute approximate surface area is 148 Å². The van der Waals surface area contributed by atoms with E-state index in [9.17, 15) is 14.7 Å². The lowest BCUT2D eigenvalue weighted by molar-refractivity contribution is -0.118. The quantitative estimate of drug-likeness (QED) is 0.781. The van der Waals surface area contributed by atoms with Crippen molar-refractivity contribution in [3.8, 4) is 0 Å². The van der Waals surface area contributed by atoms with Gasteiger partial charge in [0.25, 0.3) is 5.91 Å². The molecule has 0 heterocycles. The summed E-state index contributed by atoms with van der Waals surface area (Å²) >= 11 is 0. The van der Waals surface area contributed by atoms with E-state index in [1.54, 1.807) is 36.4 Å². The number of rotatable bonds is 5. The van der Waals surface area contributed by atoms with Crippen LogP contribution in [0.15, 0.2) is 54.6 Å². The van der Waals surface area contributed by atoms with E-state index in [-0.39, 0.29) is 23.8 Å². The van der Waals surface area contributed by atoms with Crippen molar-refractivity contribution in [2.45, 2.75) is 38.8 Å². The van der Waals surface area contributed by atoms with Gasteiger partial charge in [-0.1, -0.05) is 36.4 Å². The summed E-state index contributed by atoms with van der Waals surface area (Å²) in [7, 11) is 0. The van der Waals surface area contributed by atoms with E-state index in [1.807, 2.05) is 39.0 Å². The third-order valence-electron chi connectivity index (χ3n) is 3.46. The maximum absolute atomic E-state index is 12.2. The van der Waals surface area contributed by atoms with Crippen molar-refractivity contribution in [1.82, 2.24) is 5.32 Å². The predicted octanol–water partition coefficient (Wildman–Crippen LogP) is 3.28. The monoisotopic (exact) mass is 340 g/mol. The average Bonchev–Trinajstić information content (AvgIpc) is 2.54. The second-order valence-electron chi connectivity index (χ2n) is 6.96. The lowest BCUT2D eigenvalue weighted by Gasteiger charge is -2.20. The van der Waals surface area contributed by atoms with Gasteiger partial charge in [-0.25, -0.2) is 0 Å². The highest BCUT2D eigenvalue weighted by molar-refractivity contribution is 5.97. The zero-order valence-electron chi connectivity index (χ0n) is 14.7. The highest BCUT2D eigenvalue weighted by Gasteiger charge is 2.16. The van der Waals surface area contributed by atoms with Crippen molar-refractivity contribution in [2.75, 3.05) is 5.32 Å². The van der Waals surface area contributed by atoms with E-state index in [0.29, 0.717) is 16.8 Å². The van der Waals surface area contributed by atoms with Gasteiger partial charge in [0.15, 0.2) is 0 Å². The number of nitrogens with one attached hydrogen (secondary N) is 2. The van der Waals surface area contributed by atoms with Gasteiger partial charge in [-0.3, -0.25) is 9.59 Å².